The topological polar surface area (TPSA) is 95.5 Å². The number of nitrogens with one attached hydrogen (secondary N) is 2. The van der Waals surface area contributed by atoms with Gasteiger partial charge in [-0.3, -0.25) is 9.59 Å². The fourth-order valence-corrected chi connectivity index (χ4v) is 2.71. The molecule has 7 heteroatoms. The number of anilines is 1. The van der Waals surface area contributed by atoms with Gasteiger partial charge >= 0.3 is 5.97 Å². The van der Waals surface area contributed by atoms with E-state index in [1.165, 1.54) is 18.2 Å². The van der Waals surface area contributed by atoms with Crippen molar-refractivity contribution >= 4 is 35.1 Å². The second-order valence-corrected chi connectivity index (χ2v) is 6.96. The largest absolute Gasteiger partial charge is 0.478 e. The lowest BCUT2D eigenvalue weighted by Gasteiger charge is -2.22. The van der Waals surface area contributed by atoms with Crippen molar-refractivity contribution < 1.29 is 19.5 Å². The molecule has 0 aromatic heterocycles. The van der Waals surface area contributed by atoms with Crippen LogP contribution in [0.3, 0.4) is 0 Å². The third-order valence-corrected chi connectivity index (χ3v) is 4.33. The van der Waals surface area contributed by atoms with E-state index < -0.39 is 17.9 Å². The Morgan fingerprint density at radius 2 is 1.67 bits per heavy atom. The lowest BCUT2D eigenvalue weighted by Crippen LogP contribution is -2.47. The quantitative estimate of drug-likeness (QED) is 0.702. The van der Waals surface area contributed by atoms with Crippen molar-refractivity contribution in [1.82, 2.24) is 5.32 Å². The Hall–Kier alpha value is -2.86. The van der Waals surface area contributed by atoms with Crippen LogP contribution in [0.2, 0.25) is 5.02 Å². The van der Waals surface area contributed by atoms with Crippen molar-refractivity contribution in [2.75, 3.05) is 5.32 Å². The SMILES string of the molecule is Cc1ccc(C(=O)NC(C(=O)Nc2ccc(C(=O)O)c(Cl)c2)C(C)C)cc1. The van der Waals surface area contributed by atoms with E-state index in [1.807, 2.05) is 32.9 Å². The lowest BCUT2D eigenvalue weighted by molar-refractivity contribution is -0.118. The van der Waals surface area contributed by atoms with Crippen LogP contribution in [0.4, 0.5) is 5.69 Å². The number of carbonyl (C=O) groups excluding carboxylic acids is 2. The Kier molecular flexibility index (Phi) is 6.58. The van der Waals surface area contributed by atoms with Gasteiger partial charge in [-0.15, -0.1) is 0 Å². The number of aromatic carboxylic acids is 1. The molecular formula is C20H21ClN2O4. The highest BCUT2D eigenvalue weighted by Gasteiger charge is 2.25. The number of aryl methyl sites for hydroxylation is 1. The van der Waals surface area contributed by atoms with Crippen LogP contribution in [0.25, 0.3) is 0 Å². The van der Waals surface area contributed by atoms with E-state index in [-0.39, 0.29) is 22.4 Å². The molecule has 0 saturated heterocycles. The van der Waals surface area contributed by atoms with E-state index in [4.69, 9.17) is 16.7 Å². The molecule has 0 radical (unpaired) electrons. The minimum Gasteiger partial charge on any atom is -0.478 e. The summed E-state index contributed by atoms with van der Waals surface area (Å²) >= 11 is 5.93. The maximum Gasteiger partial charge on any atom is 0.337 e. The number of rotatable bonds is 6. The van der Waals surface area contributed by atoms with Gasteiger partial charge in [-0.2, -0.15) is 0 Å². The second kappa shape index (κ2) is 8.68. The van der Waals surface area contributed by atoms with E-state index in [0.29, 0.717) is 11.3 Å². The predicted molar refractivity (Wildman–Crippen MR) is 104 cm³/mol. The zero-order valence-corrected chi connectivity index (χ0v) is 16.0. The number of benzene rings is 2. The number of amides is 2. The van der Waals surface area contributed by atoms with Gasteiger partial charge in [0.1, 0.15) is 6.04 Å². The van der Waals surface area contributed by atoms with Crippen molar-refractivity contribution in [2.45, 2.75) is 26.8 Å². The molecule has 1 atom stereocenters. The molecule has 2 amide bonds. The van der Waals surface area contributed by atoms with E-state index in [2.05, 4.69) is 10.6 Å². The summed E-state index contributed by atoms with van der Waals surface area (Å²) in [6.07, 6.45) is 0. The molecule has 0 saturated carbocycles. The summed E-state index contributed by atoms with van der Waals surface area (Å²) in [5, 5.41) is 14.4. The molecule has 2 aromatic rings. The van der Waals surface area contributed by atoms with Gasteiger partial charge in [-0.25, -0.2) is 4.79 Å². The summed E-state index contributed by atoms with van der Waals surface area (Å²) in [7, 11) is 0. The van der Waals surface area contributed by atoms with Crippen molar-refractivity contribution in [3.8, 4) is 0 Å². The van der Waals surface area contributed by atoms with E-state index >= 15 is 0 Å². The van der Waals surface area contributed by atoms with Crippen LogP contribution in [-0.2, 0) is 4.79 Å². The minimum atomic E-state index is -1.15. The summed E-state index contributed by atoms with van der Waals surface area (Å²) in [6.45, 7) is 5.56. The summed E-state index contributed by atoms with van der Waals surface area (Å²) in [5.74, 6) is -2.07. The molecule has 0 bridgehead atoms. The molecule has 0 fully saturated rings. The molecule has 3 N–H and O–H groups in total. The Balaban J connectivity index is 2.13. The molecular weight excluding hydrogens is 368 g/mol. The number of hydrogen-bond donors (Lipinski definition) is 3. The van der Waals surface area contributed by atoms with Gasteiger partial charge in [0.25, 0.3) is 5.91 Å². The highest BCUT2D eigenvalue weighted by molar-refractivity contribution is 6.33. The molecule has 2 rings (SSSR count). The number of carboxylic acids is 1. The summed E-state index contributed by atoms with van der Waals surface area (Å²) < 4.78 is 0. The summed E-state index contributed by atoms with van der Waals surface area (Å²) in [4.78, 5) is 36.1. The number of hydrogen-bond acceptors (Lipinski definition) is 3. The first-order valence-corrected chi connectivity index (χ1v) is 8.78. The first kappa shape index (κ1) is 20.5. The van der Waals surface area contributed by atoms with Gasteiger partial charge in [-0.05, 0) is 43.2 Å². The third-order valence-electron chi connectivity index (χ3n) is 4.02. The van der Waals surface area contributed by atoms with Gasteiger partial charge in [0.2, 0.25) is 5.91 Å². The average Bonchev–Trinajstić information content (AvgIpc) is 2.59. The molecule has 0 aliphatic rings. The molecule has 27 heavy (non-hydrogen) atoms. The van der Waals surface area contributed by atoms with Gasteiger partial charge < -0.3 is 15.7 Å². The number of carboxylic acid groups (broad SMARTS) is 1. The van der Waals surface area contributed by atoms with Crippen LogP contribution in [0.5, 0.6) is 0 Å². The van der Waals surface area contributed by atoms with Gasteiger partial charge in [-0.1, -0.05) is 43.1 Å². The van der Waals surface area contributed by atoms with Crippen LogP contribution < -0.4 is 10.6 Å². The Morgan fingerprint density at radius 1 is 1.04 bits per heavy atom. The maximum atomic E-state index is 12.6. The second-order valence-electron chi connectivity index (χ2n) is 6.55. The predicted octanol–water partition coefficient (Wildman–Crippen LogP) is 3.74. The number of carbonyl (C=O) groups is 3. The molecule has 0 aliphatic heterocycles. The highest BCUT2D eigenvalue weighted by atomic mass is 35.5. The third kappa shape index (κ3) is 5.31. The van der Waals surface area contributed by atoms with Crippen molar-refractivity contribution in [3.63, 3.8) is 0 Å². The van der Waals surface area contributed by atoms with E-state index in [9.17, 15) is 14.4 Å². The van der Waals surface area contributed by atoms with Crippen LogP contribution in [0, 0.1) is 12.8 Å². The van der Waals surface area contributed by atoms with Gasteiger partial charge in [0.15, 0.2) is 0 Å². The van der Waals surface area contributed by atoms with Gasteiger partial charge in [0.05, 0.1) is 10.6 Å². The van der Waals surface area contributed by atoms with E-state index in [1.54, 1.807) is 12.1 Å². The summed E-state index contributed by atoms with van der Waals surface area (Å²) in [6, 6.07) is 10.4. The molecule has 1 unspecified atom stereocenters. The van der Waals surface area contributed by atoms with Gasteiger partial charge in [0, 0.05) is 11.3 Å². The first-order valence-electron chi connectivity index (χ1n) is 8.40. The van der Waals surface area contributed by atoms with Crippen LogP contribution in [0.1, 0.15) is 40.1 Å². The average molecular weight is 389 g/mol. The Labute approximate surface area is 162 Å². The molecule has 0 aliphatic carbocycles. The molecule has 2 aromatic carbocycles. The van der Waals surface area contributed by atoms with Crippen LogP contribution >= 0.6 is 11.6 Å². The van der Waals surface area contributed by atoms with E-state index in [0.717, 1.165) is 5.56 Å². The molecule has 0 heterocycles. The van der Waals surface area contributed by atoms with Crippen molar-refractivity contribution in [3.05, 3.63) is 64.2 Å². The van der Waals surface area contributed by atoms with Crippen LogP contribution in [-0.4, -0.2) is 28.9 Å². The monoisotopic (exact) mass is 388 g/mol. The molecule has 142 valence electrons. The molecule has 0 spiro atoms. The lowest BCUT2D eigenvalue weighted by atomic mass is 10.0. The summed E-state index contributed by atoms with van der Waals surface area (Å²) in [5.41, 5.74) is 1.80. The van der Waals surface area contributed by atoms with Crippen molar-refractivity contribution in [2.24, 2.45) is 5.92 Å². The number of halogens is 1. The Morgan fingerprint density at radius 3 is 2.19 bits per heavy atom. The maximum absolute atomic E-state index is 12.6. The first-order chi connectivity index (χ1) is 12.7. The highest BCUT2D eigenvalue weighted by Crippen LogP contribution is 2.21. The zero-order valence-electron chi connectivity index (χ0n) is 15.2. The smallest absolute Gasteiger partial charge is 0.337 e. The fourth-order valence-electron chi connectivity index (χ4n) is 2.45. The Bertz CT molecular complexity index is 863. The standard InChI is InChI=1S/C20H21ClN2O4/c1-11(2)17(23-18(24)13-6-4-12(3)5-7-13)19(25)22-14-8-9-15(20(26)27)16(21)10-14/h4-11,17H,1-3H3,(H,22,25)(H,23,24)(H,26,27). The zero-order chi connectivity index (χ0) is 20.1. The molecule has 6 nitrogen and oxygen atoms in total. The van der Waals surface area contributed by atoms with Crippen molar-refractivity contribution in [1.29, 1.82) is 0 Å². The van der Waals surface area contributed by atoms with Crippen LogP contribution in [0.15, 0.2) is 42.5 Å². The minimum absolute atomic E-state index is 0.0186. The fraction of sp³-hybridized carbons (Fsp3) is 0.250. The normalized spacial score (nSPS) is 11.7.